The minimum absolute atomic E-state index is 0.0279. The van der Waals surface area contributed by atoms with Crippen LogP contribution in [0.4, 0.5) is 11.4 Å². The van der Waals surface area contributed by atoms with E-state index in [9.17, 15) is 23.3 Å². The summed E-state index contributed by atoms with van der Waals surface area (Å²) in [5.41, 5.74) is 3.26. The van der Waals surface area contributed by atoms with Crippen molar-refractivity contribution in [2.45, 2.75) is 11.8 Å². The van der Waals surface area contributed by atoms with E-state index in [0.29, 0.717) is 22.0 Å². The number of hydrogen-bond donors (Lipinski definition) is 1. The second-order valence-corrected chi connectivity index (χ2v) is 9.14. The van der Waals surface area contributed by atoms with Crippen molar-refractivity contribution in [1.82, 2.24) is 5.43 Å². The molecule has 0 unspecified atom stereocenters. The van der Waals surface area contributed by atoms with E-state index in [0.717, 1.165) is 4.31 Å². The van der Waals surface area contributed by atoms with E-state index in [1.807, 2.05) is 0 Å². The van der Waals surface area contributed by atoms with Gasteiger partial charge in [0.2, 0.25) is 0 Å². The van der Waals surface area contributed by atoms with Gasteiger partial charge in [-0.3, -0.25) is 19.2 Å². The van der Waals surface area contributed by atoms with E-state index < -0.39 is 27.4 Å². The zero-order chi connectivity index (χ0) is 24.0. The van der Waals surface area contributed by atoms with Gasteiger partial charge < -0.3 is 0 Å². The molecule has 0 radical (unpaired) electrons. The highest BCUT2D eigenvalue weighted by Crippen LogP contribution is 2.24. The maximum atomic E-state index is 13.2. The molecule has 0 aromatic heterocycles. The predicted octanol–water partition coefficient (Wildman–Crippen LogP) is 3.98. The molecule has 0 saturated carbocycles. The monoisotopic (exact) mass is 486 g/mol. The molecule has 3 aromatic carbocycles. The van der Waals surface area contributed by atoms with Gasteiger partial charge in [0.1, 0.15) is 6.54 Å². The summed E-state index contributed by atoms with van der Waals surface area (Å²) in [7, 11) is -4.08. The fourth-order valence-electron chi connectivity index (χ4n) is 2.86. The molecule has 170 valence electrons. The first-order chi connectivity index (χ1) is 15.7. The molecule has 0 heterocycles. The number of sulfonamides is 1. The van der Waals surface area contributed by atoms with Crippen LogP contribution < -0.4 is 9.73 Å². The van der Waals surface area contributed by atoms with Crippen molar-refractivity contribution in [3.63, 3.8) is 0 Å². The highest BCUT2D eigenvalue weighted by atomic mass is 35.5. The zero-order valence-corrected chi connectivity index (χ0v) is 19.0. The average molecular weight is 487 g/mol. The summed E-state index contributed by atoms with van der Waals surface area (Å²) in [4.78, 5) is 23.0. The predicted molar refractivity (Wildman–Crippen MR) is 126 cm³/mol. The standard InChI is InChI=1S/C22H19ClN4O5S/c1-16(17-6-5-9-20(14-17)27(29)30)24-25-22(28)15-26(19-7-3-2-4-8-19)33(31,32)21-12-10-18(23)11-13-21/h2-14H,15H2,1H3,(H,25,28)/b24-16-. The third-order valence-electron chi connectivity index (χ3n) is 4.56. The number of nitro groups is 1. The molecule has 0 aliphatic rings. The second-order valence-electron chi connectivity index (χ2n) is 6.84. The summed E-state index contributed by atoms with van der Waals surface area (Å²) in [6.45, 7) is 1.03. The minimum Gasteiger partial charge on any atom is -0.271 e. The van der Waals surface area contributed by atoms with Gasteiger partial charge in [-0.05, 0) is 43.3 Å². The molecule has 0 aliphatic heterocycles. The van der Waals surface area contributed by atoms with Crippen molar-refractivity contribution < 1.29 is 18.1 Å². The summed E-state index contributed by atoms with van der Waals surface area (Å²) in [5.74, 6) is -0.693. The molecule has 1 amide bonds. The molecule has 0 aliphatic carbocycles. The van der Waals surface area contributed by atoms with Crippen molar-refractivity contribution in [3.8, 4) is 0 Å². The fraction of sp³-hybridized carbons (Fsp3) is 0.0909. The molecule has 33 heavy (non-hydrogen) atoms. The Hall–Kier alpha value is -3.76. The number of para-hydroxylation sites is 1. The first kappa shape index (κ1) is 23.9. The van der Waals surface area contributed by atoms with Crippen LogP contribution in [0.1, 0.15) is 12.5 Å². The SMILES string of the molecule is C/C(=N/NC(=O)CN(c1ccccc1)S(=O)(=O)c1ccc(Cl)cc1)c1cccc([N+](=O)[O-])c1. The number of hydrogen-bond acceptors (Lipinski definition) is 6. The van der Waals surface area contributed by atoms with Gasteiger partial charge in [0.25, 0.3) is 21.6 Å². The summed E-state index contributed by atoms with van der Waals surface area (Å²) in [6.07, 6.45) is 0. The van der Waals surface area contributed by atoms with Gasteiger partial charge in [0.05, 0.1) is 21.2 Å². The van der Waals surface area contributed by atoms with Gasteiger partial charge in [-0.2, -0.15) is 5.10 Å². The Morgan fingerprint density at radius 3 is 2.36 bits per heavy atom. The molecular weight excluding hydrogens is 468 g/mol. The van der Waals surface area contributed by atoms with E-state index >= 15 is 0 Å². The number of nitrogens with one attached hydrogen (secondary N) is 1. The van der Waals surface area contributed by atoms with Crippen molar-refractivity contribution in [3.05, 3.63) is 99.6 Å². The molecule has 3 rings (SSSR count). The minimum atomic E-state index is -4.08. The summed E-state index contributed by atoms with van der Waals surface area (Å²) in [6, 6.07) is 19.6. The van der Waals surface area contributed by atoms with Crippen molar-refractivity contribution in [2.75, 3.05) is 10.8 Å². The van der Waals surface area contributed by atoms with Crippen molar-refractivity contribution in [2.24, 2.45) is 5.10 Å². The summed E-state index contributed by atoms with van der Waals surface area (Å²) < 4.78 is 27.4. The number of hydrazone groups is 1. The van der Waals surface area contributed by atoms with E-state index in [4.69, 9.17) is 11.6 Å². The second kappa shape index (κ2) is 10.2. The first-order valence-electron chi connectivity index (χ1n) is 9.60. The number of nitrogens with zero attached hydrogens (tertiary/aromatic N) is 3. The average Bonchev–Trinajstić information content (AvgIpc) is 2.81. The maximum Gasteiger partial charge on any atom is 0.270 e. The Bertz CT molecular complexity index is 1300. The van der Waals surface area contributed by atoms with Gasteiger partial charge in [0.15, 0.2) is 0 Å². The fourth-order valence-corrected chi connectivity index (χ4v) is 4.41. The third-order valence-corrected chi connectivity index (χ3v) is 6.60. The molecule has 1 N–H and O–H groups in total. The maximum absolute atomic E-state index is 13.2. The number of non-ortho nitro benzene ring substituents is 1. The number of benzene rings is 3. The highest BCUT2D eigenvalue weighted by molar-refractivity contribution is 7.92. The zero-order valence-electron chi connectivity index (χ0n) is 17.4. The number of carbonyl (C=O) groups excluding carboxylic acids is 1. The lowest BCUT2D eigenvalue weighted by molar-refractivity contribution is -0.384. The Morgan fingerprint density at radius 1 is 1.06 bits per heavy atom. The lowest BCUT2D eigenvalue weighted by Crippen LogP contribution is -2.39. The van der Waals surface area contributed by atoms with E-state index in [-0.39, 0.29) is 10.6 Å². The van der Waals surface area contributed by atoms with Gasteiger partial charge in [-0.15, -0.1) is 0 Å². The molecule has 0 atom stereocenters. The van der Waals surface area contributed by atoms with Gasteiger partial charge >= 0.3 is 0 Å². The normalized spacial score (nSPS) is 11.6. The summed E-state index contributed by atoms with van der Waals surface area (Å²) in [5, 5.41) is 15.3. The molecule has 0 saturated heterocycles. The number of amides is 1. The van der Waals surface area contributed by atoms with Gasteiger partial charge in [0, 0.05) is 22.7 Å². The molecule has 0 bridgehead atoms. The number of halogens is 1. The number of nitro benzene ring substituents is 1. The van der Waals surface area contributed by atoms with Gasteiger partial charge in [-0.25, -0.2) is 13.8 Å². The number of anilines is 1. The van der Waals surface area contributed by atoms with Crippen molar-refractivity contribution >= 4 is 44.6 Å². The molecular formula is C22H19ClN4O5S. The van der Waals surface area contributed by atoms with E-state index in [1.54, 1.807) is 43.3 Å². The Labute approximate surface area is 195 Å². The van der Waals surface area contributed by atoms with Crippen LogP contribution in [0.3, 0.4) is 0 Å². The third kappa shape index (κ3) is 5.93. The lowest BCUT2D eigenvalue weighted by Gasteiger charge is -2.23. The van der Waals surface area contributed by atoms with Crippen LogP contribution in [-0.2, 0) is 14.8 Å². The Balaban J connectivity index is 1.84. The molecule has 11 heteroatoms. The molecule has 9 nitrogen and oxygen atoms in total. The highest BCUT2D eigenvalue weighted by Gasteiger charge is 2.27. The molecule has 0 fully saturated rings. The number of rotatable bonds is 8. The van der Waals surface area contributed by atoms with Gasteiger partial charge in [-0.1, -0.05) is 41.9 Å². The summed E-state index contributed by atoms with van der Waals surface area (Å²) >= 11 is 5.87. The Kier molecular flexibility index (Phi) is 7.41. The van der Waals surface area contributed by atoms with Crippen LogP contribution in [0.5, 0.6) is 0 Å². The van der Waals surface area contributed by atoms with Crippen LogP contribution >= 0.6 is 11.6 Å². The Morgan fingerprint density at radius 2 is 1.73 bits per heavy atom. The van der Waals surface area contributed by atoms with Crippen molar-refractivity contribution in [1.29, 1.82) is 0 Å². The number of carbonyl (C=O) groups is 1. The van der Waals surface area contributed by atoms with Crippen LogP contribution in [0, 0.1) is 10.1 Å². The molecule has 3 aromatic rings. The molecule has 0 spiro atoms. The van der Waals surface area contributed by atoms with E-state index in [1.165, 1.54) is 42.5 Å². The van der Waals surface area contributed by atoms with Crippen LogP contribution in [0.15, 0.2) is 88.9 Å². The quantitative estimate of drug-likeness (QED) is 0.293. The smallest absolute Gasteiger partial charge is 0.270 e. The largest absolute Gasteiger partial charge is 0.271 e. The first-order valence-corrected chi connectivity index (χ1v) is 11.4. The van der Waals surface area contributed by atoms with E-state index in [2.05, 4.69) is 10.5 Å². The van der Waals surface area contributed by atoms with Crippen LogP contribution in [0.25, 0.3) is 0 Å². The van der Waals surface area contributed by atoms with Crippen LogP contribution in [-0.4, -0.2) is 31.5 Å². The lowest BCUT2D eigenvalue weighted by atomic mass is 10.1. The van der Waals surface area contributed by atoms with Crippen LogP contribution in [0.2, 0.25) is 5.02 Å². The topological polar surface area (TPSA) is 122 Å².